The second-order valence-corrected chi connectivity index (χ2v) is 2.66. The number of hydrogen-bond donors (Lipinski definition) is 2. The first-order chi connectivity index (χ1) is 4.20. The molecule has 2 heteroatoms. The average Bonchev–Trinajstić information content (AvgIpc) is 1.80. The first kappa shape index (κ1) is 6.78. The van der Waals surface area contributed by atoms with Crippen LogP contribution >= 0.6 is 0 Å². The summed E-state index contributed by atoms with van der Waals surface area (Å²) in [4.78, 5) is 0. The Hall–Kier alpha value is -0.340. The number of rotatable bonds is 0. The van der Waals surface area contributed by atoms with Crippen molar-refractivity contribution in [1.82, 2.24) is 0 Å². The molecule has 0 spiro atoms. The average molecular weight is 128 g/mol. The van der Waals surface area contributed by atoms with Crippen LogP contribution in [-0.4, -0.2) is 22.4 Å². The quantitative estimate of drug-likeness (QED) is 0.461. The van der Waals surface area contributed by atoms with Crippen LogP contribution < -0.4 is 0 Å². The van der Waals surface area contributed by atoms with Crippen molar-refractivity contribution in [2.45, 2.75) is 25.6 Å². The Bertz CT molecular complexity index is 120. The van der Waals surface area contributed by atoms with Crippen LogP contribution in [0.25, 0.3) is 0 Å². The van der Waals surface area contributed by atoms with Gasteiger partial charge >= 0.3 is 0 Å². The van der Waals surface area contributed by atoms with Crippen LogP contribution in [-0.2, 0) is 0 Å². The normalized spacial score (nSPS) is 43.2. The van der Waals surface area contributed by atoms with Crippen molar-refractivity contribution in [2.24, 2.45) is 5.92 Å². The maximum absolute atomic E-state index is 9.05. The predicted molar refractivity (Wildman–Crippen MR) is 34.9 cm³/mol. The molecular weight excluding hydrogens is 116 g/mol. The Balaban J connectivity index is 2.54. The molecule has 0 saturated heterocycles. The van der Waals surface area contributed by atoms with Gasteiger partial charge in [-0.05, 0) is 12.3 Å². The van der Waals surface area contributed by atoms with Gasteiger partial charge in [-0.3, -0.25) is 0 Å². The zero-order valence-electron chi connectivity index (χ0n) is 5.49. The van der Waals surface area contributed by atoms with Crippen LogP contribution in [0.2, 0.25) is 0 Å². The SMILES string of the molecule is CC1C=CC(O)C(O)C1. The van der Waals surface area contributed by atoms with Crippen LogP contribution in [0.5, 0.6) is 0 Å². The van der Waals surface area contributed by atoms with Gasteiger partial charge in [-0.25, -0.2) is 0 Å². The van der Waals surface area contributed by atoms with Crippen LogP contribution in [0.15, 0.2) is 12.2 Å². The van der Waals surface area contributed by atoms with Crippen LogP contribution in [0, 0.1) is 5.92 Å². The van der Waals surface area contributed by atoms with Crippen molar-refractivity contribution in [3.05, 3.63) is 12.2 Å². The molecule has 0 fully saturated rings. The molecule has 1 rings (SSSR count). The zero-order valence-corrected chi connectivity index (χ0v) is 5.49. The topological polar surface area (TPSA) is 40.5 Å². The molecule has 0 aromatic carbocycles. The summed E-state index contributed by atoms with van der Waals surface area (Å²) in [7, 11) is 0. The van der Waals surface area contributed by atoms with Gasteiger partial charge in [0.15, 0.2) is 0 Å². The third-order valence-electron chi connectivity index (χ3n) is 1.64. The summed E-state index contributed by atoms with van der Waals surface area (Å²) in [5, 5.41) is 18.0. The van der Waals surface area contributed by atoms with Gasteiger partial charge in [0.05, 0.1) is 12.2 Å². The van der Waals surface area contributed by atoms with E-state index in [4.69, 9.17) is 10.2 Å². The van der Waals surface area contributed by atoms with Crippen molar-refractivity contribution in [1.29, 1.82) is 0 Å². The van der Waals surface area contributed by atoms with Crippen molar-refractivity contribution in [3.63, 3.8) is 0 Å². The molecule has 52 valence electrons. The minimum absolute atomic E-state index is 0.406. The lowest BCUT2D eigenvalue weighted by Gasteiger charge is -2.21. The molecule has 3 unspecified atom stereocenters. The number of aliphatic hydroxyl groups excluding tert-OH is 2. The van der Waals surface area contributed by atoms with Crippen LogP contribution in [0.1, 0.15) is 13.3 Å². The van der Waals surface area contributed by atoms with E-state index < -0.39 is 12.2 Å². The van der Waals surface area contributed by atoms with E-state index in [2.05, 4.69) is 0 Å². The molecule has 0 radical (unpaired) electrons. The monoisotopic (exact) mass is 128 g/mol. The Kier molecular flexibility index (Phi) is 1.88. The molecule has 0 saturated carbocycles. The van der Waals surface area contributed by atoms with Gasteiger partial charge in [0, 0.05) is 0 Å². The number of aliphatic hydroxyl groups is 2. The summed E-state index contributed by atoms with van der Waals surface area (Å²) >= 11 is 0. The highest BCUT2D eigenvalue weighted by Gasteiger charge is 2.19. The fraction of sp³-hybridized carbons (Fsp3) is 0.714. The standard InChI is InChI=1S/C7H12O2/c1-5-2-3-6(8)7(9)4-5/h2-3,5-9H,4H2,1H3. The summed E-state index contributed by atoms with van der Waals surface area (Å²) in [6.45, 7) is 2.02. The third kappa shape index (κ3) is 1.53. The van der Waals surface area contributed by atoms with Crippen molar-refractivity contribution in [3.8, 4) is 0 Å². The molecule has 9 heavy (non-hydrogen) atoms. The highest BCUT2D eigenvalue weighted by Crippen LogP contribution is 2.16. The lowest BCUT2D eigenvalue weighted by molar-refractivity contribution is 0.0305. The second kappa shape index (κ2) is 2.50. The zero-order chi connectivity index (χ0) is 6.85. The van der Waals surface area contributed by atoms with E-state index in [9.17, 15) is 0 Å². The van der Waals surface area contributed by atoms with Crippen molar-refractivity contribution < 1.29 is 10.2 Å². The molecule has 0 bridgehead atoms. The summed E-state index contributed by atoms with van der Waals surface area (Å²) in [5.41, 5.74) is 0. The lowest BCUT2D eigenvalue weighted by Crippen LogP contribution is -2.28. The molecule has 0 amide bonds. The molecule has 0 aromatic heterocycles. The summed E-state index contributed by atoms with van der Waals surface area (Å²) in [6, 6.07) is 0. The van der Waals surface area contributed by atoms with E-state index in [0.717, 1.165) is 0 Å². The second-order valence-electron chi connectivity index (χ2n) is 2.66. The molecule has 2 nitrogen and oxygen atoms in total. The van der Waals surface area contributed by atoms with Crippen LogP contribution in [0.3, 0.4) is 0 Å². The van der Waals surface area contributed by atoms with Gasteiger partial charge < -0.3 is 10.2 Å². The van der Waals surface area contributed by atoms with Crippen LogP contribution in [0.4, 0.5) is 0 Å². The van der Waals surface area contributed by atoms with Crippen molar-refractivity contribution in [2.75, 3.05) is 0 Å². The fourth-order valence-corrected chi connectivity index (χ4v) is 1.03. The molecule has 1 aliphatic rings. The maximum Gasteiger partial charge on any atom is 0.0980 e. The third-order valence-corrected chi connectivity index (χ3v) is 1.64. The Morgan fingerprint density at radius 2 is 2.00 bits per heavy atom. The van der Waals surface area contributed by atoms with Gasteiger partial charge in [0.1, 0.15) is 0 Å². The van der Waals surface area contributed by atoms with E-state index in [-0.39, 0.29) is 0 Å². The van der Waals surface area contributed by atoms with Crippen molar-refractivity contribution >= 4 is 0 Å². The van der Waals surface area contributed by atoms with E-state index >= 15 is 0 Å². The Labute approximate surface area is 54.8 Å². The van der Waals surface area contributed by atoms with Gasteiger partial charge in [-0.15, -0.1) is 0 Å². The van der Waals surface area contributed by atoms with E-state index in [0.29, 0.717) is 12.3 Å². The first-order valence-corrected chi connectivity index (χ1v) is 3.24. The highest BCUT2D eigenvalue weighted by molar-refractivity contribution is 5.00. The molecule has 1 aliphatic carbocycles. The van der Waals surface area contributed by atoms with Gasteiger partial charge in [0.2, 0.25) is 0 Å². The van der Waals surface area contributed by atoms with Gasteiger partial charge in [-0.1, -0.05) is 19.1 Å². The molecule has 0 aromatic rings. The first-order valence-electron chi connectivity index (χ1n) is 3.24. The molecule has 0 heterocycles. The molecular formula is C7H12O2. The van der Waals surface area contributed by atoms with Gasteiger partial charge in [0.25, 0.3) is 0 Å². The number of allylic oxidation sites excluding steroid dienone is 1. The van der Waals surface area contributed by atoms with E-state index in [1.165, 1.54) is 0 Å². The largest absolute Gasteiger partial charge is 0.390 e. The summed E-state index contributed by atoms with van der Waals surface area (Å²) < 4.78 is 0. The highest BCUT2D eigenvalue weighted by atomic mass is 16.3. The number of hydrogen-bond acceptors (Lipinski definition) is 2. The minimum Gasteiger partial charge on any atom is -0.390 e. The Morgan fingerprint density at radius 3 is 2.44 bits per heavy atom. The maximum atomic E-state index is 9.05. The van der Waals surface area contributed by atoms with E-state index in [1.807, 2.05) is 13.0 Å². The predicted octanol–water partition coefficient (Wildman–Crippen LogP) is 0.304. The molecule has 0 aliphatic heterocycles. The van der Waals surface area contributed by atoms with Gasteiger partial charge in [-0.2, -0.15) is 0 Å². The molecule has 3 atom stereocenters. The lowest BCUT2D eigenvalue weighted by atomic mass is 9.94. The smallest absolute Gasteiger partial charge is 0.0980 e. The van der Waals surface area contributed by atoms with E-state index in [1.54, 1.807) is 6.08 Å². The Morgan fingerprint density at radius 1 is 1.33 bits per heavy atom. The molecule has 2 N–H and O–H groups in total. The summed E-state index contributed by atoms with van der Waals surface area (Å²) in [6.07, 6.45) is 3.07. The summed E-state index contributed by atoms with van der Waals surface area (Å²) in [5.74, 6) is 0.406. The fourth-order valence-electron chi connectivity index (χ4n) is 1.03. The minimum atomic E-state index is -0.638.